The maximum absolute atomic E-state index is 13.3. The molecule has 0 spiro atoms. The number of anilines is 1. The van der Waals surface area contributed by atoms with Crippen LogP contribution in [0.4, 0.5) is 5.69 Å². The zero-order valence-corrected chi connectivity index (χ0v) is 15.3. The molecule has 1 aromatic heterocycles. The second kappa shape index (κ2) is 7.39. The van der Waals surface area contributed by atoms with Crippen LogP contribution in [0.5, 0.6) is 17.2 Å². The predicted molar refractivity (Wildman–Crippen MR) is 102 cm³/mol. The molecule has 0 aliphatic carbocycles. The summed E-state index contributed by atoms with van der Waals surface area (Å²) < 4.78 is 16.4. The number of para-hydroxylation sites is 1. The van der Waals surface area contributed by atoms with Crippen LogP contribution < -0.4 is 19.1 Å². The standard InChI is InChI=1S/C20H22N2O4/c1-5-22(13-9-7-6-8-10-13)20(23)14-12-21-15-11-16(24-2)18(25-3)19(26-4)17(14)15/h6-12,21H,5H2,1-4H3. The molecule has 0 bridgehead atoms. The van der Waals surface area contributed by atoms with Crippen molar-refractivity contribution >= 4 is 22.5 Å². The van der Waals surface area contributed by atoms with E-state index in [0.717, 1.165) is 11.2 Å². The second-order valence-electron chi connectivity index (χ2n) is 5.66. The summed E-state index contributed by atoms with van der Waals surface area (Å²) in [6.07, 6.45) is 1.69. The number of rotatable bonds is 6. The van der Waals surface area contributed by atoms with Gasteiger partial charge in [-0.1, -0.05) is 18.2 Å². The minimum Gasteiger partial charge on any atom is -0.493 e. The van der Waals surface area contributed by atoms with Crippen molar-refractivity contribution in [1.29, 1.82) is 0 Å². The van der Waals surface area contributed by atoms with Crippen molar-refractivity contribution in [3.63, 3.8) is 0 Å². The van der Waals surface area contributed by atoms with Crippen molar-refractivity contribution in [2.45, 2.75) is 6.92 Å². The fraction of sp³-hybridized carbons (Fsp3) is 0.250. The first-order valence-electron chi connectivity index (χ1n) is 8.33. The Kier molecular flexibility index (Phi) is 5.02. The normalized spacial score (nSPS) is 10.6. The van der Waals surface area contributed by atoms with Crippen LogP contribution in [-0.4, -0.2) is 38.8 Å². The monoisotopic (exact) mass is 354 g/mol. The summed E-state index contributed by atoms with van der Waals surface area (Å²) in [7, 11) is 4.65. The number of nitrogens with one attached hydrogen (secondary N) is 1. The van der Waals surface area contributed by atoms with E-state index in [9.17, 15) is 4.79 Å². The van der Waals surface area contributed by atoms with Crippen LogP contribution >= 0.6 is 0 Å². The van der Waals surface area contributed by atoms with E-state index in [4.69, 9.17) is 14.2 Å². The summed E-state index contributed by atoms with van der Waals surface area (Å²) in [6, 6.07) is 11.4. The Morgan fingerprint density at radius 3 is 2.31 bits per heavy atom. The summed E-state index contributed by atoms with van der Waals surface area (Å²) in [4.78, 5) is 18.1. The Hall–Kier alpha value is -3.15. The number of carbonyl (C=O) groups is 1. The fourth-order valence-corrected chi connectivity index (χ4v) is 3.12. The van der Waals surface area contributed by atoms with Gasteiger partial charge in [0, 0.05) is 24.5 Å². The van der Waals surface area contributed by atoms with Crippen molar-refractivity contribution in [2.75, 3.05) is 32.8 Å². The van der Waals surface area contributed by atoms with Gasteiger partial charge in [-0.3, -0.25) is 4.79 Å². The highest BCUT2D eigenvalue weighted by atomic mass is 16.5. The van der Waals surface area contributed by atoms with Crippen molar-refractivity contribution in [2.24, 2.45) is 0 Å². The Balaban J connectivity index is 2.17. The molecular formula is C20H22N2O4. The zero-order chi connectivity index (χ0) is 18.7. The third-order valence-electron chi connectivity index (χ3n) is 4.33. The summed E-state index contributed by atoms with van der Waals surface area (Å²) in [5, 5.41) is 0.671. The molecule has 0 saturated heterocycles. The van der Waals surface area contributed by atoms with Gasteiger partial charge in [-0.05, 0) is 19.1 Å². The molecule has 0 fully saturated rings. The van der Waals surface area contributed by atoms with Gasteiger partial charge in [0.1, 0.15) is 0 Å². The molecule has 1 heterocycles. The lowest BCUT2D eigenvalue weighted by molar-refractivity contribution is 0.0989. The number of aromatic amines is 1. The van der Waals surface area contributed by atoms with Crippen LogP contribution in [0.2, 0.25) is 0 Å². The van der Waals surface area contributed by atoms with E-state index in [-0.39, 0.29) is 5.91 Å². The maximum atomic E-state index is 13.3. The highest BCUT2D eigenvalue weighted by molar-refractivity contribution is 6.16. The highest BCUT2D eigenvalue weighted by Crippen LogP contribution is 2.44. The van der Waals surface area contributed by atoms with Gasteiger partial charge in [0.2, 0.25) is 5.75 Å². The molecule has 0 radical (unpaired) electrons. The van der Waals surface area contributed by atoms with Gasteiger partial charge in [-0.25, -0.2) is 0 Å². The lowest BCUT2D eigenvalue weighted by atomic mass is 10.1. The van der Waals surface area contributed by atoms with E-state index in [2.05, 4.69) is 4.98 Å². The van der Waals surface area contributed by atoms with E-state index in [1.165, 1.54) is 0 Å². The molecule has 1 amide bonds. The molecule has 0 aliphatic heterocycles. The number of amides is 1. The Morgan fingerprint density at radius 2 is 1.73 bits per heavy atom. The number of H-pyrrole nitrogens is 1. The van der Waals surface area contributed by atoms with E-state index >= 15 is 0 Å². The van der Waals surface area contributed by atoms with Gasteiger partial charge in [-0.2, -0.15) is 0 Å². The smallest absolute Gasteiger partial charge is 0.260 e. The van der Waals surface area contributed by atoms with Crippen LogP contribution in [0.3, 0.4) is 0 Å². The summed E-state index contributed by atoms with van der Waals surface area (Å²) in [5.74, 6) is 1.35. The molecule has 0 saturated carbocycles. The number of methoxy groups -OCH3 is 3. The first-order valence-corrected chi connectivity index (χ1v) is 8.33. The lowest BCUT2D eigenvalue weighted by Crippen LogP contribution is -2.30. The van der Waals surface area contributed by atoms with Gasteiger partial charge in [0.05, 0.1) is 37.8 Å². The van der Waals surface area contributed by atoms with Crippen molar-refractivity contribution in [3.8, 4) is 17.2 Å². The van der Waals surface area contributed by atoms with E-state index in [1.807, 2.05) is 37.3 Å². The number of aromatic nitrogens is 1. The third kappa shape index (κ3) is 2.83. The third-order valence-corrected chi connectivity index (χ3v) is 4.33. The zero-order valence-electron chi connectivity index (χ0n) is 15.3. The van der Waals surface area contributed by atoms with Crippen molar-refractivity contribution in [1.82, 2.24) is 4.98 Å². The molecule has 0 aliphatic rings. The van der Waals surface area contributed by atoms with Gasteiger partial charge < -0.3 is 24.1 Å². The number of fused-ring (bicyclic) bond motifs is 1. The van der Waals surface area contributed by atoms with Crippen LogP contribution in [0.25, 0.3) is 10.9 Å². The first-order chi connectivity index (χ1) is 12.7. The number of hydrogen-bond acceptors (Lipinski definition) is 4. The molecule has 6 heteroatoms. The molecule has 2 aromatic carbocycles. The molecule has 0 unspecified atom stereocenters. The summed E-state index contributed by atoms with van der Waals surface area (Å²) >= 11 is 0. The molecule has 3 rings (SSSR count). The fourth-order valence-electron chi connectivity index (χ4n) is 3.12. The minimum atomic E-state index is -0.115. The summed E-state index contributed by atoms with van der Waals surface area (Å²) in [6.45, 7) is 2.49. The molecule has 6 nitrogen and oxygen atoms in total. The molecule has 0 atom stereocenters. The maximum Gasteiger partial charge on any atom is 0.260 e. The highest BCUT2D eigenvalue weighted by Gasteiger charge is 2.25. The van der Waals surface area contributed by atoms with E-state index in [0.29, 0.717) is 34.7 Å². The first kappa shape index (κ1) is 17.7. The molecule has 26 heavy (non-hydrogen) atoms. The van der Waals surface area contributed by atoms with Crippen LogP contribution in [0.15, 0.2) is 42.6 Å². The van der Waals surface area contributed by atoms with Gasteiger partial charge in [-0.15, -0.1) is 0 Å². The number of hydrogen-bond donors (Lipinski definition) is 1. The van der Waals surface area contributed by atoms with Crippen molar-refractivity contribution < 1.29 is 19.0 Å². The molecule has 1 N–H and O–H groups in total. The number of nitrogens with zero attached hydrogens (tertiary/aromatic N) is 1. The van der Waals surface area contributed by atoms with Gasteiger partial charge in [0.25, 0.3) is 5.91 Å². The molecule has 3 aromatic rings. The van der Waals surface area contributed by atoms with Crippen LogP contribution in [-0.2, 0) is 0 Å². The van der Waals surface area contributed by atoms with E-state index in [1.54, 1.807) is 38.5 Å². The second-order valence-corrected chi connectivity index (χ2v) is 5.66. The quantitative estimate of drug-likeness (QED) is 0.730. The Morgan fingerprint density at radius 1 is 1.04 bits per heavy atom. The van der Waals surface area contributed by atoms with E-state index < -0.39 is 0 Å². The number of ether oxygens (including phenoxy) is 3. The van der Waals surface area contributed by atoms with Crippen molar-refractivity contribution in [3.05, 3.63) is 48.2 Å². The molecule has 136 valence electrons. The van der Waals surface area contributed by atoms with Crippen LogP contribution in [0.1, 0.15) is 17.3 Å². The largest absolute Gasteiger partial charge is 0.493 e. The Labute approximate surface area is 152 Å². The molecular weight excluding hydrogens is 332 g/mol. The minimum absolute atomic E-state index is 0.115. The lowest BCUT2D eigenvalue weighted by Gasteiger charge is -2.21. The number of carbonyl (C=O) groups excluding carboxylic acids is 1. The van der Waals surface area contributed by atoms with Gasteiger partial charge in [0.15, 0.2) is 11.5 Å². The predicted octanol–water partition coefficient (Wildman–Crippen LogP) is 3.86. The SMILES string of the molecule is CCN(C(=O)c1c[nH]c2cc(OC)c(OC)c(OC)c12)c1ccccc1. The Bertz CT molecular complexity index is 918. The van der Waals surface area contributed by atoms with Gasteiger partial charge >= 0.3 is 0 Å². The topological polar surface area (TPSA) is 63.8 Å². The average Bonchev–Trinajstić information content (AvgIpc) is 3.11. The average molecular weight is 354 g/mol. The van der Waals surface area contributed by atoms with Crippen LogP contribution in [0, 0.1) is 0 Å². The number of benzene rings is 2. The summed E-state index contributed by atoms with van der Waals surface area (Å²) in [5.41, 5.74) is 2.10.